The van der Waals surface area contributed by atoms with Gasteiger partial charge < -0.3 is 0 Å². The predicted octanol–water partition coefficient (Wildman–Crippen LogP) is 1.80. The Labute approximate surface area is 66.1 Å². The second kappa shape index (κ2) is 2.70. The maximum absolute atomic E-state index is 4.03. The highest BCUT2D eigenvalue weighted by molar-refractivity contribution is 5.58. The van der Waals surface area contributed by atoms with Crippen LogP contribution in [0.4, 0.5) is 0 Å². The summed E-state index contributed by atoms with van der Waals surface area (Å²) in [5, 5.41) is 3.98. The molecule has 0 radical (unpaired) electrons. The topological polar surface area (TPSA) is 30.7 Å². The van der Waals surface area contributed by atoms with E-state index in [1.165, 1.54) is 6.33 Å². The molecule has 0 aliphatic carbocycles. The Balaban J connectivity index is 3.16. The van der Waals surface area contributed by atoms with Gasteiger partial charge in [0.05, 0.1) is 0 Å². The number of hydrogen-bond donors (Lipinski definition) is 0. The number of rotatable bonds is 2. The first kappa shape index (κ1) is 7.72. The SMILES string of the molecule is C=C(C)c1ncnn1C(=C)C. The van der Waals surface area contributed by atoms with Gasteiger partial charge in [-0.15, -0.1) is 0 Å². The standard InChI is InChI=1S/C8H11N3/c1-6(2)8-9-5-10-11(8)7(3)4/h5H,1,3H2,2,4H3. The average molecular weight is 149 g/mol. The van der Waals surface area contributed by atoms with Crippen molar-refractivity contribution in [3.63, 3.8) is 0 Å². The Kier molecular flexibility index (Phi) is 1.89. The molecule has 0 saturated heterocycles. The summed E-state index contributed by atoms with van der Waals surface area (Å²) in [6.45, 7) is 11.3. The molecule has 0 bridgehead atoms. The summed E-state index contributed by atoms with van der Waals surface area (Å²) in [5.41, 5.74) is 1.74. The Morgan fingerprint density at radius 1 is 1.45 bits per heavy atom. The highest BCUT2D eigenvalue weighted by atomic mass is 15.3. The molecular formula is C8H11N3. The van der Waals surface area contributed by atoms with Crippen LogP contribution in [0.1, 0.15) is 19.7 Å². The fraction of sp³-hybridized carbons (Fsp3) is 0.250. The maximum atomic E-state index is 4.03. The number of allylic oxidation sites excluding steroid dienone is 2. The second-order valence-electron chi connectivity index (χ2n) is 2.51. The van der Waals surface area contributed by atoms with Crippen molar-refractivity contribution in [3.05, 3.63) is 25.3 Å². The van der Waals surface area contributed by atoms with Gasteiger partial charge in [-0.2, -0.15) is 5.10 Å². The Morgan fingerprint density at radius 2 is 2.09 bits per heavy atom. The Morgan fingerprint density at radius 3 is 2.45 bits per heavy atom. The largest absolute Gasteiger partial charge is 0.219 e. The van der Waals surface area contributed by atoms with Crippen molar-refractivity contribution in [2.75, 3.05) is 0 Å². The van der Waals surface area contributed by atoms with E-state index >= 15 is 0 Å². The highest BCUT2D eigenvalue weighted by Gasteiger charge is 2.03. The summed E-state index contributed by atoms with van der Waals surface area (Å²) >= 11 is 0. The van der Waals surface area contributed by atoms with E-state index in [2.05, 4.69) is 23.2 Å². The van der Waals surface area contributed by atoms with Crippen molar-refractivity contribution in [1.82, 2.24) is 14.8 Å². The highest BCUT2D eigenvalue weighted by Crippen LogP contribution is 2.10. The van der Waals surface area contributed by atoms with E-state index in [0.29, 0.717) is 0 Å². The van der Waals surface area contributed by atoms with Gasteiger partial charge >= 0.3 is 0 Å². The molecule has 0 saturated carbocycles. The molecule has 0 unspecified atom stereocenters. The minimum absolute atomic E-state index is 0.775. The van der Waals surface area contributed by atoms with E-state index in [4.69, 9.17) is 0 Å². The minimum atomic E-state index is 0.775. The molecule has 0 spiro atoms. The Bertz CT molecular complexity index is 268. The molecule has 0 fully saturated rings. The van der Waals surface area contributed by atoms with Gasteiger partial charge in [0, 0.05) is 5.70 Å². The van der Waals surface area contributed by atoms with Crippen LogP contribution in [-0.2, 0) is 0 Å². The van der Waals surface area contributed by atoms with Crippen molar-refractivity contribution in [1.29, 1.82) is 0 Å². The van der Waals surface area contributed by atoms with Crippen molar-refractivity contribution < 1.29 is 0 Å². The molecular weight excluding hydrogens is 138 g/mol. The van der Waals surface area contributed by atoms with Crippen LogP contribution in [0.15, 0.2) is 19.5 Å². The quantitative estimate of drug-likeness (QED) is 0.642. The third-order valence-electron chi connectivity index (χ3n) is 1.29. The van der Waals surface area contributed by atoms with Gasteiger partial charge in [0.15, 0.2) is 5.82 Å². The lowest BCUT2D eigenvalue weighted by Crippen LogP contribution is -1.99. The average Bonchev–Trinajstić information content (AvgIpc) is 2.32. The van der Waals surface area contributed by atoms with Crippen LogP contribution < -0.4 is 0 Å². The molecule has 1 rings (SSSR count). The van der Waals surface area contributed by atoms with Gasteiger partial charge in [0.1, 0.15) is 6.33 Å². The summed E-state index contributed by atoms with van der Waals surface area (Å²) in [5.74, 6) is 0.775. The predicted molar refractivity (Wildman–Crippen MR) is 45.7 cm³/mol. The van der Waals surface area contributed by atoms with Crippen LogP contribution >= 0.6 is 0 Å². The molecule has 58 valence electrons. The molecule has 3 nitrogen and oxygen atoms in total. The van der Waals surface area contributed by atoms with Gasteiger partial charge in [0.25, 0.3) is 0 Å². The third kappa shape index (κ3) is 1.37. The molecule has 0 amide bonds. The first-order valence-electron chi connectivity index (χ1n) is 3.34. The summed E-state index contributed by atoms with van der Waals surface area (Å²) in [4.78, 5) is 4.03. The Hall–Kier alpha value is -1.38. The molecule has 11 heavy (non-hydrogen) atoms. The molecule has 0 N–H and O–H groups in total. The molecule has 0 aromatic carbocycles. The van der Waals surface area contributed by atoms with Crippen LogP contribution in [0.2, 0.25) is 0 Å². The first-order valence-corrected chi connectivity index (χ1v) is 3.34. The molecule has 1 heterocycles. The molecule has 0 aliphatic rings. The molecule has 3 heteroatoms. The van der Waals surface area contributed by atoms with Gasteiger partial charge in [-0.1, -0.05) is 13.2 Å². The van der Waals surface area contributed by atoms with E-state index in [1.807, 2.05) is 13.8 Å². The van der Waals surface area contributed by atoms with Crippen molar-refractivity contribution in [2.24, 2.45) is 0 Å². The second-order valence-corrected chi connectivity index (χ2v) is 2.51. The smallest absolute Gasteiger partial charge is 0.157 e. The van der Waals surface area contributed by atoms with Crippen molar-refractivity contribution in [2.45, 2.75) is 13.8 Å². The van der Waals surface area contributed by atoms with Crippen LogP contribution in [0.25, 0.3) is 11.3 Å². The molecule has 1 aromatic heterocycles. The van der Waals surface area contributed by atoms with Crippen LogP contribution in [0.3, 0.4) is 0 Å². The summed E-state index contributed by atoms with van der Waals surface area (Å²) in [6, 6.07) is 0. The fourth-order valence-electron chi connectivity index (χ4n) is 0.812. The van der Waals surface area contributed by atoms with Gasteiger partial charge in [0.2, 0.25) is 0 Å². The zero-order valence-corrected chi connectivity index (χ0v) is 6.83. The normalized spacial score (nSPS) is 9.64. The summed E-state index contributed by atoms with van der Waals surface area (Å²) in [7, 11) is 0. The van der Waals surface area contributed by atoms with Crippen molar-refractivity contribution >= 4 is 11.3 Å². The third-order valence-corrected chi connectivity index (χ3v) is 1.29. The molecule has 0 aliphatic heterocycles. The van der Waals surface area contributed by atoms with E-state index in [-0.39, 0.29) is 0 Å². The van der Waals surface area contributed by atoms with E-state index in [9.17, 15) is 0 Å². The maximum Gasteiger partial charge on any atom is 0.157 e. The van der Waals surface area contributed by atoms with E-state index in [1.54, 1.807) is 4.68 Å². The fourth-order valence-corrected chi connectivity index (χ4v) is 0.812. The van der Waals surface area contributed by atoms with Gasteiger partial charge in [-0.25, -0.2) is 9.67 Å². The lowest BCUT2D eigenvalue weighted by atomic mass is 10.3. The molecule has 1 aromatic rings. The number of nitrogens with zero attached hydrogens (tertiary/aromatic N) is 3. The first-order chi connectivity index (χ1) is 5.13. The zero-order chi connectivity index (χ0) is 8.43. The minimum Gasteiger partial charge on any atom is -0.219 e. The number of aromatic nitrogens is 3. The monoisotopic (exact) mass is 149 g/mol. The van der Waals surface area contributed by atoms with Gasteiger partial charge in [-0.3, -0.25) is 0 Å². The van der Waals surface area contributed by atoms with Crippen molar-refractivity contribution in [3.8, 4) is 0 Å². The van der Waals surface area contributed by atoms with Crippen LogP contribution in [0, 0.1) is 0 Å². The van der Waals surface area contributed by atoms with E-state index < -0.39 is 0 Å². The number of hydrogen-bond acceptors (Lipinski definition) is 2. The van der Waals surface area contributed by atoms with Gasteiger partial charge in [-0.05, 0) is 19.4 Å². The lowest BCUT2D eigenvalue weighted by molar-refractivity contribution is 0.880. The lowest BCUT2D eigenvalue weighted by Gasteiger charge is -2.02. The summed E-state index contributed by atoms with van der Waals surface area (Å²) < 4.78 is 1.67. The molecule has 0 atom stereocenters. The van der Waals surface area contributed by atoms with Crippen LogP contribution in [-0.4, -0.2) is 14.8 Å². The van der Waals surface area contributed by atoms with E-state index in [0.717, 1.165) is 17.1 Å². The summed E-state index contributed by atoms with van der Waals surface area (Å²) in [6.07, 6.45) is 1.50. The zero-order valence-electron chi connectivity index (χ0n) is 6.83. The van der Waals surface area contributed by atoms with Crippen LogP contribution in [0.5, 0.6) is 0 Å².